The Bertz CT molecular complexity index is 315. The summed E-state index contributed by atoms with van der Waals surface area (Å²) in [4.78, 5) is 22.3. The normalized spacial score (nSPS) is 35.4. The lowest BCUT2D eigenvalue weighted by Crippen LogP contribution is -2.50. The van der Waals surface area contributed by atoms with Crippen molar-refractivity contribution in [1.29, 1.82) is 0 Å². The molecule has 2 N–H and O–H groups in total. The molecule has 96 valence electrons. The van der Waals surface area contributed by atoms with E-state index < -0.39 is 6.09 Å². The molecule has 0 radical (unpaired) electrons. The van der Waals surface area contributed by atoms with Gasteiger partial charge in [0.1, 0.15) is 0 Å². The van der Waals surface area contributed by atoms with Crippen LogP contribution < -0.4 is 5.32 Å². The minimum absolute atomic E-state index is 0.0775. The number of rotatable bonds is 3. The summed E-state index contributed by atoms with van der Waals surface area (Å²) < 4.78 is 4.89. The Labute approximate surface area is 101 Å². The van der Waals surface area contributed by atoms with Crippen LogP contribution in [0.2, 0.25) is 0 Å². The summed E-state index contributed by atoms with van der Waals surface area (Å²) in [5.41, 5.74) is -0.201. The van der Waals surface area contributed by atoms with E-state index in [1.54, 1.807) is 0 Å². The SMILES string of the molecule is COC(=O)C12CCC(CNC(=O)O)(CC1)CC2. The smallest absolute Gasteiger partial charge is 0.404 e. The number of carbonyl (C=O) groups excluding carboxylic acids is 1. The van der Waals surface area contributed by atoms with Gasteiger partial charge in [-0.1, -0.05) is 0 Å². The fraction of sp³-hybridized carbons (Fsp3) is 0.833. The summed E-state index contributed by atoms with van der Waals surface area (Å²) in [6.45, 7) is 0.513. The molecule has 0 aromatic rings. The van der Waals surface area contributed by atoms with Crippen molar-refractivity contribution in [3.05, 3.63) is 0 Å². The van der Waals surface area contributed by atoms with Gasteiger partial charge in [-0.3, -0.25) is 4.79 Å². The van der Waals surface area contributed by atoms with Crippen molar-refractivity contribution < 1.29 is 19.4 Å². The van der Waals surface area contributed by atoms with Crippen LogP contribution in [0.1, 0.15) is 38.5 Å². The van der Waals surface area contributed by atoms with Gasteiger partial charge < -0.3 is 15.2 Å². The molecule has 0 atom stereocenters. The highest BCUT2D eigenvalue weighted by atomic mass is 16.5. The predicted molar refractivity (Wildman–Crippen MR) is 60.6 cm³/mol. The second-order valence-corrected chi connectivity index (χ2v) is 5.43. The Morgan fingerprint density at radius 2 is 1.71 bits per heavy atom. The van der Waals surface area contributed by atoms with E-state index in [-0.39, 0.29) is 16.8 Å². The minimum Gasteiger partial charge on any atom is -0.469 e. The summed E-state index contributed by atoms with van der Waals surface area (Å²) >= 11 is 0. The average Bonchev–Trinajstić information content (AvgIpc) is 2.38. The number of hydrogen-bond donors (Lipinski definition) is 2. The molecule has 3 saturated carbocycles. The third kappa shape index (κ3) is 2.10. The zero-order valence-electron chi connectivity index (χ0n) is 10.1. The number of fused-ring (bicyclic) bond motifs is 3. The highest BCUT2D eigenvalue weighted by molar-refractivity contribution is 5.77. The first kappa shape index (κ1) is 12.2. The third-order valence-electron chi connectivity index (χ3n) is 4.63. The van der Waals surface area contributed by atoms with Gasteiger partial charge in [0, 0.05) is 6.54 Å². The molecule has 3 rings (SSSR count). The molecule has 0 heterocycles. The Balaban J connectivity index is 1.99. The van der Waals surface area contributed by atoms with Gasteiger partial charge in [0.15, 0.2) is 0 Å². The van der Waals surface area contributed by atoms with E-state index in [0.717, 1.165) is 38.5 Å². The maximum Gasteiger partial charge on any atom is 0.404 e. The first-order chi connectivity index (χ1) is 8.02. The highest BCUT2D eigenvalue weighted by Crippen LogP contribution is 2.56. The lowest BCUT2D eigenvalue weighted by atomic mass is 9.53. The maximum absolute atomic E-state index is 11.8. The molecule has 2 bridgehead atoms. The second-order valence-electron chi connectivity index (χ2n) is 5.43. The van der Waals surface area contributed by atoms with Crippen molar-refractivity contribution in [1.82, 2.24) is 5.32 Å². The highest BCUT2D eigenvalue weighted by Gasteiger charge is 2.52. The van der Waals surface area contributed by atoms with Crippen molar-refractivity contribution in [2.24, 2.45) is 10.8 Å². The molecule has 3 fully saturated rings. The fourth-order valence-electron chi connectivity index (χ4n) is 3.31. The summed E-state index contributed by atoms with van der Waals surface area (Å²) in [7, 11) is 1.44. The maximum atomic E-state index is 11.8. The fourth-order valence-corrected chi connectivity index (χ4v) is 3.31. The van der Waals surface area contributed by atoms with E-state index in [0.29, 0.717) is 6.54 Å². The van der Waals surface area contributed by atoms with Gasteiger partial charge in [0.05, 0.1) is 12.5 Å². The predicted octanol–water partition coefficient (Wildman–Crippen LogP) is 1.77. The van der Waals surface area contributed by atoms with Gasteiger partial charge in [0.2, 0.25) is 0 Å². The van der Waals surface area contributed by atoms with Crippen molar-refractivity contribution in [2.45, 2.75) is 38.5 Å². The second kappa shape index (κ2) is 4.20. The summed E-state index contributed by atoms with van der Waals surface area (Å²) in [5.74, 6) is -0.0861. The van der Waals surface area contributed by atoms with Crippen LogP contribution in [0.25, 0.3) is 0 Å². The van der Waals surface area contributed by atoms with E-state index in [1.165, 1.54) is 7.11 Å². The third-order valence-corrected chi connectivity index (χ3v) is 4.63. The van der Waals surface area contributed by atoms with Crippen LogP contribution in [-0.2, 0) is 9.53 Å². The summed E-state index contributed by atoms with van der Waals surface area (Å²) in [6.07, 6.45) is 4.30. The van der Waals surface area contributed by atoms with E-state index in [1.807, 2.05) is 0 Å². The zero-order chi connectivity index (χ0) is 12.5. The van der Waals surface area contributed by atoms with E-state index in [4.69, 9.17) is 9.84 Å². The van der Waals surface area contributed by atoms with Crippen molar-refractivity contribution in [3.63, 3.8) is 0 Å². The van der Waals surface area contributed by atoms with Crippen LogP contribution in [0.3, 0.4) is 0 Å². The molecule has 17 heavy (non-hydrogen) atoms. The summed E-state index contributed by atoms with van der Waals surface area (Å²) in [6, 6.07) is 0. The number of carbonyl (C=O) groups is 2. The molecule has 0 aromatic heterocycles. The first-order valence-corrected chi connectivity index (χ1v) is 6.07. The van der Waals surface area contributed by atoms with Crippen LogP contribution in [0.5, 0.6) is 0 Å². The lowest BCUT2D eigenvalue weighted by Gasteiger charge is -2.51. The van der Waals surface area contributed by atoms with Crippen molar-refractivity contribution in [3.8, 4) is 0 Å². The molecule has 0 saturated heterocycles. The van der Waals surface area contributed by atoms with Crippen LogP contribution in [0, 0.1) is 10.8 Å². The van der Waals surface area contributed by atoms with Gasteiger partial charge in [-0.15, -0.1) is 0 Å². The van der Waals surface area contributed by atoms with Gasteiger partial charge >= 0.3 is 12.1 Å². The first-order valence-electron chi connectivity index (χ1n) is 6.07. The quantitative estimate of drug-likeness (QED) is 0.738. The monoisotopic (exact) mass is 241 g/mol. The standard InChI is InChI=1S/C12H19NO4/c1-17-9(14)12-5-2-11(3-6-12,4-7-12)8-13-10(15)16/h13H,2-8H2,1H3,(H,15,16). The van der Waals surface area contributed by atoms with Crippen LogP contribution in [-0.4, -0.2) is 30.8 Å². The molecule has 5 heteroatoms. The number of esters is 1. The van der Waals surface area contributed by atoms with Crippen LogP contribution >= 0.6 is 0 Å². The van der Waals surface area contributed by atoms with Crippen LogP contribution in [0.15, 0.2) is 0 Å². The number of carboxylic acid groups (broad SMARTS) is 1. The summed E-state index contributed by atoms with van der Waals surface area (Å²) in [5, 5.41) is 11.1. The molecule has 0 aliphatic heterocycles. The molecule has 0 unspecified atom stereocenters. The Kier molecular flexibility index (Phi) is 3.02. The molecular weight excluding hydrogens is 222 g/mol. The lowest BCUT2D eigenvalue weighted by molar-refractivity contribution is -0.162. The number of hydrogen-bond acceptors (Lipinski definition) is 3. The van der Waals surface area contributed by atoms with Gasteiger partial charge in [-0.05, 0) is 43.9 Å². The van der Waals surface area contributed by atoms with Crippen molar-refractivity contribution >= 4 is 12.1 Å². The Morgan fingerprint density at radius 3 is 2.12 bits per heavy atom. The molecule has 3 aliphatic rings. The van der Waals surface area contributed by atoms with E-state index in [2.05, 4.69) is 5.32 Å². The topological polar surface area (TPSA) is 75.6 Å². The van der Waals surface area contributed by atoms with E-state index >= 15 is 0 Å². The minimum atomic E-state index is -0.963. The van der Waals surface area contributed by atoms with Crippen molar-refractivity contribution in [2.75, 3.05) is 13.7 Å². The Morgan fingerprint density at radius 1 is 1.18 bits per heavy atom. The molecule has 0 aromatic carbocycles. The molecule has 0 spiro atoms. The Hall–Kier alpha value is -1.26. The largest absolute Gasteiger partial charge is 0.469 e. The van der Waals surface area contributed by atoms with Gasteiger partial charge in [-0.2, -0.15) is 0 Å². The average molecular weight is 241 g/mol. The molecular formula is C12H19NO4. The number of methoxy groups -OCH3 is 1. The van der Waals surface area contributed by atoms with Gasteiger partial charge in [0.25, 0.3) is 0 Å². The zero-order valence-corrected chi connectivity index (χ0v) is 10.1. The molecule has 3 aliphatic carbocycles. The number of amides is 1. The molecule has 1 amide bonds. The van der Waals surface area contributed by atoms with E-state index in [9.17, 15) is 9.59 Å². The number of ether oxygens (including phenoxy) is 1. The number of nitrogens with one attached hydrogen (secondary N) is 1. The molecule has 5 nitrogen and oxygen atoms in total. The van der Waals surface area contributed by atoms with Gasteiger partial charge in [-0.25, -0.2) is 4.79 Å². The van der Waals surface area contributed by atoms with Crippen LogP contribution in [0.4, 0.5) is 4.79 Å².